The number of hydrogen-bond acceptors (Lipinski definition) is 6. The summed E-state index contributed by atoms with van der Waals surface area (Å²) in [5.74, 6) is -1.83. The van der Waals surface area contributed by atoms with Crippen LogP contribution in [0.4, 0.5) is 0 Å². The lowest BCUT2D eigenvalue weighted by molar-refractivity contribution is -0.158. The average Bonchev–Trinajstić information content (AvgIpc) is 2.12. The van der Waals surface area contributed by atoms with Crippen LogP contribution in [0.1, 0.15) is 0 Å². The van der Waals surface area contributed by atoms with Crippen molar-refractivity contribution < 1.29 is 24.2 Å². The standard InChI is InChI=1S/C6H11NO5/c1-11-5(9)3(7)4(8)6(10)12-2/h3-4,8H,7H2,1-2H3/t3-,4+/m0/s1. The van der Waals surface area contributed by atoms with Gasteiger partial charge in [0.25, 0.3) is 0 Å². The first kappa shape index (κ1) is 10.9. The molecule has 0 aromatic heterocycles. The molecular weight excluding hydrogens is 166 g/mol. The SMILES string of the molecule is COC(=O)[C@@H](N)[C@@H](O)C(=O)OC. The lowest BCUT2D eigenvalue weighted by atomic mass is 10.2. The molecule has 70 valence electrons. The van der Waals surface area contributed by atoms with Crippen LogP contribution >= 0.6 is 0 Å². The fourth-order valence-electron chi connectivity index (χ4n) is 0.532. The number of methoxy groups -OCH3 is 2. The molecule has 0 aliphatic rings. The topological polar surface area (TPSA) is 98.9 Å². The van der Waals surface area contributed by atoms with Crippen molar-refractivity contribution in [3.05, 3.63) is 0 Å². The Balaban J connectivity index is 4.18. The Hall–Kier alpha value is -1.14. The zero-order chi connectivity index (χ0) is 9.72. The molecule has 6 heteroatoms. The average molecular weight is 177 g/mol. The van der Waals surface area contributed by atoms with E-state index in [9.17, 15) is 9.59 Å². The second kappa shape index (κ2) is 4.68. The van der Waals surface area contributed by atoms with E-state index in [2.05, 4.69) is 9.47 Å². The number of carbonyl (C=O) groups excluding carboxylic acids is 2. The summed E-state index contributed by atoms with van der Waals surface area (Å²) in [4.78, 5) is 21.3. The minimum atomic E-state index is -1.68. The van der Waals surface area contributed by atoms with Crippen molar-refractivity contribution in [3.8, 4) is 0 Å². The summed E-state index contributed by atoms with van der Waals surface area (Å²) in [6.07, 6.45) is -1.68. The Morgan fingerprint density at radius 2 is 1.67 bits per heavy atom. The third kappa shape index (κ3) is 2.48. The highest BCUT2D eigenvalue weighted by Crippen LogP contribution is 1.95. The fraction of sp³-hybridized carbons (Fsp3) is 0.667. The Morgan fingerprint density at radius 1 is 1.25 bits per heavy atom. The summed E-state index contributed by atoms with van der Waals surface area (Å²) in [6, 6.07) is -1.40. The molecule has 0 aromatic carbocycles. The van der Waals surface area contributed by atoms with Crippen LogP contribution in [0, 0.1) is 0 Å². The first-order valence-corrected chi connectivity index (χ1v) is 3.14. The Morgan fingerprint density at radius 3 is 2.00 bits per heavy atom. The second-order valence-electron chi connectivity index (χ2n) is 2.02. The first-order valence-electron chi connectivity index (χ1n) is 3.14. The molecule has 0 spiro atoms. The molecule has 0 unspecified atom stereocenters. The Kier molecular flexibility index (Phi) is 4.24. The summed E-state index contributed by atoms with van der Waals surface area (Å²) in [5, 5.41) is 8.99. The van der Waals surface area contributed by atoms with Crippen molar-refractivity contribution in [2.45, 2.75) is 12.1 Å². The van der Waals surface area contributed by atoms with E-state index in [1.54, 1.807) is 0 Å². The molecule has 0 aliphatic carbocycles. The Bertz CT molecular complexity index is 161. The van der Waals surface area contributed by atoms with Gasteiger partial charge in [0, 0.05) is 0 Å². The summed E-state index contributed by atoms with van der Waals surface area (Å²) < 4.78 is 8.35. The van der Waals surface area contributed by atoms with Crippen molar-refractivity contribution in [3.63, 3.8) is 0 Å². The van der Waals surface area contributed by atoms with E-state index in [1.807, 2.05) is 0 Å². The van der Waals surface area contributed by atoms with Crippen LogP contribution in [0.25, 0.3) is 0 Å². The quantitative estimate of drug-likeness (QED) is 0.485. The van der Waals surface area contributed by atoms with E-state index < -0.39 is 24.1 Å². The highest BCUT2D eigenvalue weighted by Gasteiger charge is 2.30. The molecular formula is C6H11NO5. The van der Waals surface area contributed by atoms with Crippen LogP contribution in [-0.2, 0) is 19.1 Å². The van der Waals surface area contributed by atoms with Crippen LogP contribution in [0.15, 0.2) is 0 Å². The van der Waals surface area contributed by atoms with E-state index in [4.69, 9.17) is 10.8 Å². The van der Waals surface area contributed by atoms with Gasteiger partial charge < -0.3 is 20.3 Å². The van der Waals surface area contributed by atoms with Crippen molar-refractivity contribution in [1.82, 2.24) is 0 Å². The molecule has 0 aliphatic heterocycles. The maximum atomic E-state index is 10.7. The number of hydrogen-bond donors (Lipinski definition) is 2. The maximum Gasteiger partial charge on any atom is 0.336 e. The van der Waals surface area contributed by atoms with Gasteiger partial charge in [-0.25, -0.2) is 4.79 Å². The lowest BCUT2D eigenvalue weighted by Gasteiger charge is -2.13. The summed E-state index contributed by atoms with van der Waals surface area (Å²) in [6.45, 7) is 0. The summed E-state index contributed by atoms with van der Waals surface area (Å²) >= 11 is 0. The molecule has 0 saturated carbocycles. The molecule has 0 radical (unpaired) electrons. The molecule has 0 heterocycles. The van der Waals surface area contributed by atoms with Crippen molar-refractivity contribution in [1.29, 1.82) is 0 Å². The van der Waals surface area contributed by atoms with Gasteiger partial charge >= 0.3 is 11.9 Å². The molecule has 0 amide bonds. The van der Waals surface area contributed by atoms with E-state index in [1.165, 1.54) is 0 Å². The normalized spacial score (nSPS) is 14.7. The zero-order valence-electron chi connectivity index (χ0n) is 6.81. The van der Waals surface area contributed by atoms with E-state index >= 15 is 0 Å². The van der Waals surface area contributed by atoms with Crippen LogP contribution < -0.4 is 5.73 Å². The molecule has 0 bridgehead atoms. The molecule has 3 N–H and O–H groups in total. The number of ether oxygens (including phenoxy) is 2. The lowest BCUT2D eigenvalue weighted by Crippen LogP contribution is -2.47. The predicted octanol–water partition coefficient (Wildman–Crippen LogP) is -1.98. The number of nitrogens with two attached hydrogens (primary N) is 1. The molecule has 6 nitrogen and oxygen atoms in total. The number of aliphatic hydroxyl groups excluding tert-OH is 1. The largest absolute Gasteiger partial charge is 0.468 e. The minimum absolute atomic E-state index is 0.868. The highest BCUT2D eigenvalue weighted by molar-refractivity contribution is 5.85. The van der Waals surface area contributed by atoms with Gasteiger partial charge in [0.2, 0.25) is 0 Å². The summed E-state index contributed by atoms with van der Waals surface area (Å²) in [7, 11) is 2.18. The number of carbonyl (C=O) groups is 2. The fourth-order valence-corrected chi connectivity index (χ4v) is 0.532. The van der Waals surface area contributed by atoms with Crippen LogP contribution in [0.2, 0.25) is 0 Å². The Labute approximate surface area is 69.2 Å². The first-order chi connectivity index (χ1) is 5.54. The molecule has 0 fully saturated rings. The van der Waals surface area contributed by atoms with Gasteiger partial charge in [-0.2, -0.15) is 0 Å². The molecule has 0 saturated heterocycles. The smallest absolute Gasteiger partial charge is 0.336 e. The second-order valence-corrected chi connectivity index (χ2v) is 2.02. The van der Waals surface area contributed by atoms with Gasteiger partial charge in [0.15, 0.2) is 6.10 Å². The van der Waals surface area contributed by atoms with Crippen LogP contribution in [0.3, 0.4) is 0 Å². The van der Waals surface area contributed by atoms with Crippen molar-refractivity contribution >= 4 is 11.9 Å². The summed E-state index contributed by atoms with van der Waals surface area (Å²) in [5.41, 5.74) is 5.12. The third-order valence-corrected chi connectivity index (χ3v) is 1.26. The predicted molar refractivity (Wildman–Crippen MR) is 38.0 cm³/mol. The highest BCUT2D eigenvalue weighted by atomic mass is 16.5. The van der Waals surface area contributed by atoms with Crippen LogP contribution in [-0.4, -0.2) is 43.4 Å². The van der Waals surface area contributed by atoms with Crippen molar-refractivity contribution in [2.75, 3.05) is 14.2 Å². The van der Waals surface area contributed by atoms with Gasteiger partial charge in [-0.1, -0.05) is 0 Å². The minimum Gasteiger partial charge on any atom is -0.468 e. The van der Waals surface area contributed by atoms with Gasteiger partial charge in [0.05, 0.1) is 14.2 Å². The number of aliphatic hydroxyl groups is 1. The molecule has 12 heavy (non-hydrogen) atoms. The van der Waals surface area contributed by atoms with Gasteiger partial charge in [-0.05, 0) is 0 Å². The van der Waals surface area contributed by atoms with Crippen molar-refractivity contribution in [2.24, 2.45) is 5.73 Å². The van der Waals surface area contributed by atoms with Crippen LogP contribution in [0.5, 0.6) is 0 Å². The van der Waals surface area contributed by atoms with Gasteiger partial charge in [-0.15, -0.1) is 0 Å². The number of rotatable bonds is 3. The van der Waals surface area contributed by atoms with E-state index in [0.29, 0.717) is 0 Å². The molecule has 0 aromatic rings. The zero-order valence-corrected chi connectivity index (χ0v) is 6.81. The van der Waals surface area contributed by atoms with Gasteiger partial charge in [0.1, 0.15) is 6.04 Å². The molecule has 2 atom stereocenters. The van der Waals surface area contributed by atoms with Gasteiger partial charge in [-0.3, -0.25) is 4.79 Å². The van der Waals surface area contributed by atoms with E-state index in [0.717, 1.165) is 14.2 Å². The van der Waals surface area contributed by atoms with E-state index in [-0.39, 0.29) is 0 Å². The number of esters is 2. The maximum absolute atomic E-state index is 10.7. The monoisotopic (exact) mass is 177 g/mol. The molecule has 0 rings (SSSR count). The third-order valence-electron chi connectivity index (χ3n) is 1.26.